The Kier molecular flexibility index (Phi) is 6.10. The average molecular weight is 467 g/mol. The third-order valence-electron chi connectivity index (χ3n) is 5.91. The molecule has 1 N–H and O–H groups in total. The van der Waals surface area contributed by atoms with E-state index in [-0.39, 0.29) is 5.91 Å². The van der Waals surface area contributed by atoms with Crippen molar-refractivity contribution < 1.29 is 9.32 Å². The Morgan fingerprint density at radius 1 is 1.09 bits per heavy atom. The summed E-state index contributed by atoms with van der Waals surface area (Å²) in [5, 5.41) is 6.90. The third-order valence-corrected chi connectivity index (χ3v) is 5.91. The van der Waals surface area contributed by atoms with E-state index in [1.165, 1.54) is 5.56 Å². The normalized spacial score (nSPS) is 11.3. The summed E-state index contributed by atoms with van der Waals surface area (Å²) in [5.41, 5.74) is 5.41. The Bertz CT molecular complexity index is 1470. The van der Waals surface area contributed by atoms with Crippen LogP contribution in [0.2, 0.25) is 0 Å². The standard InChI is InChI=1S/C27H26N6O2/c1-17(2)19-6-9-22(10-7-19)33-18(3)30-23-15-20(8-11-24(23)33)26(34)29-14-12-25-31-27(35-32-25)21-5-4-13-28-16-21/h4-11,13,15-17H,12,14H2,1-3H3,(H,29,34). The average Bonchev–Trinajstić information content (AvgIpc) is 3.47. The molecule has 0 atom stereocenters. The van der Waals surface area contributed by atoms with Gasteiger partial charge in [0, 0.05) is 36.6 Å². The first-order valence-corrected chi connectivity index (χ1v) is 11.6. The van der Waals surface area contributed by atoms with E-state index in [1.54, 1.807) is 12.4 Å². The molecule has 176 valence electrons. The summed E-state index contributed by atoms with van der Waals surface area (Å²) in [4.78, 5) is 25.9. The maximum atomic E-state index is 12.8. The molecule has 0 spiro atoms. The summed E-state index contributed by atoms with van der Waals surface area (Å²) in [5.74, 6) is 2.12. The fourth-order valence-corrected chi connectivity index (χ4v) is 4.03. The molecule has 0 aliphatic carbocycles. The molecule has 35 heavy (non-hydrogen) atoms. The maximum Gasteiger partial charge on any atom is 0.259 e. The van der Waals surface area contributed by atoms with Crippen molar-refractivity contribution in [2.45, 2.75) is 33.1 Å². The highest BCUT2D eigenvalue weighted by molar-refractivity contribution is 5.97. The van der Waals surface area contributed by atoms with E-state index in [9.17, 15) is 4.79 Å². The summed E-state index contributed by atoms with van der Waals surface area (Å²) in [6, 6.07) is 17.8. The van der Waals surface area contributed by atoms with Crippen molar-refractivity contribution in [3.05, 3.63) is 89.8 Å². The largest absolute Gasteiger partial charge is 0.352 e. The lowest BCUT2D eigenvalue weighted by molar-refractivity contribution is 0.0954. The second-order valence-corrected chi connectivity index (χ2v) is 8.71. The summed E-state index contributed by atoms with van der Waals surface area (Å²) < 4.78 is 7.39. The monoisotopic (exact) mass is 466 g/mol. The lowest BCUT2D eigenvalue weighted by Gasteiger charge is -2.10. The van der Waals surface area contributed by atoms with E-state index in [0.29, 0.717) is 36.2 Å². The van der Waals surface area contributed by atoms with Gasteiger partial charge in [0.05, 0.1) is 16.6 Å². The number of fused-ring (bicyclic) bond motifs is 1. The van der Waals surface area contributed by atoms with Crippen LogP contribution >= 0.6 is 0 Å². The van der Waals surface area contributed by atoms with Crippen molar-refractivity contribution in [2.75, 3.05) is 6.54 Å². The number of nitrogens with zero attached hydrogens (tertiary/aromatic N) is 5. The van der Waals surface area contributed by atoms with Gasteiger partial charge in [-0.05, 0) is 60.9 Å². The Labute approximate surface area is 203 Å². The molecule has 0 saturated heterocycles. The van der Waals surface area contributed by atoms with Gasteiger partial charge in [-0.25, -0.2) is 4.98 Å². The maximum absolute atomic E-state index is 12.8. The molecule has 0 aliphatic rings. The number of hydrogen-bond donors (Lipinski definition) is 1. The molecule has 8 heteroatoms. The van der Waals surface area contributed by atoms with E-state index in [4.69, 9.17) is 9.51 Å². The lowest BCUT2D eigenvalue weighted by Crippen LogP contribution is -2.25. The number of carbonyl (C=O) groups is 1. The summed E-state index contributed by atoms with van der Waals surface area (Å²) >= 11 is 0. The summed E-state index contributed by atoms with van der Waals surface area (Å²) in [6.07, 6.45) is 3.81. The summed E-state index contributed by atoms with van der Waals surface area (Å²) in [6.45, 7) is 6.72. The molecule has 0 unspecified atom stereocenters. The highest BCUT2D eigenvalue weighted by Gasteiger charge is 2.14. The number of carbonyl (C=O) groups excluding carboxylic acids is 1. The van der Waals surface area contributed by atoms with Gasteiger partial charge in [-0.3, -0.25) is 14.3 Å². The number of nitrogens with one attached hydrogen (secondary N) is 1. The Morgan fingerprint density at radius 3 is 2.66 bits per heavy atom. The van der Waals surface area contributed by atoms with Crippen LogP contribution in [0.4, 0.5) is 0 Å². The van der Waals surface area contributed by atoms with Gasteiger partial charge in [0.25, 0.3) is 11.8 Å². The Morgan fingerprint density at radius 2 is 1.91 bits per heavy atom. The second kappa shape index (κ2) is 9.50. The fourth-order valence-electron chi connectivity index (χ4n) is 4.03. The molecule has 3 aromatic heterocycles. The lowest BCUT2D eigenvalue weighted by atomic mass is 10.0. The molecule has 0 fully saturated rings. The van der Waals surface area contributed by atoms with E-state index < -0.39 is 0 Å². The smallest absolute Gasteiger partial charge is 0.259 e. The van der Waals surface area contributed by atoms with Crippen LogP contribution in [0.15, 0.2) is 71.5 Å². The SMILES string of the molecule is Cc1nc2cc(C(=O)NCCc3noc(-c4cccnc4)n3)ccc2n1-c1ccc(C(C)C)cc1. The zero-order valence-corrected chi connectivity index (χ0v) is 19.9. The molecule has 2 aromatic carbocycles. The minimum absolute atomic E-state index is 0.170. The summed E-state index contributed by atoms with van der Waals surface area (Å²) in [7, 11) is 0. The van der Waals surface area contributed by atoms with Crippen LogP contribution in [0, 0.1) is 6.92 Å². The van der Waals surface area contributed by atoms with Crippen molar-refractivity contribution in [1.29, 1.82) is 0 Å². The van der Waals surface area contributed by atoms with Crippen molar-refractivity contribution >= 4 is 16.9 Å². The van der Waals surface area contributed by atoms with Gasteiger partial charge in [0.2, 0.25) is 0 Å². The molecule has 0 saturated carbocycles. The number of aromatic nitrogens is 5. The minimum atomic E-state index is -0.170. The number of pyridine rings is 1. The van der Waals surface area contributed by atoms with Gasteiger partial charge in [-0.15, -0.1) is 0 Å². The Balaban J connectivity index is 1.26. The van der Waals surface area contributed by atoms with Gasteiger partial charge in [0.15, 0.2) is 5.82 Å². The van der Waals surface area contributed by atoms with E-state index in [2.05, 4.69) is 63.1 Å². The first-order chi connectivity index (χ1) is 17.0. The number of amides is 1. The molecule has 5 aromatic rings. The van der Waals surface area contributed by atoms with Crippen LogP contribution in [-0.4, -0.2) is 37.1 Å². The first kappa shape index (κ1) is 22.5. The van der Waals surface area contributed by atoms with Crippen LogP contribution in [-0.2, 0) is 6.42 Å². The van der Waals surface area contributed by atoms with Crippen LogP contribution < -0.4 is 5.32 Å². The minimum Gasteiger partial charge on any atom is -0.352 e. The highest BCUT2D eigenvalue weighted by Crippen LogP contribution is 2.24. The Hall–Kier alpha value is -4.33. The first-order valence-electron chi connectivity index (χ1n) is 11.6. The molecule has 0 radical (unpaired) electrons. The predicted molar refractivity (Wildman–Crippen MR) is 133 cm³/mol. The van der Waals surface area contributed by atoms with Gasteiger partial charge in [-0.1, -0.05) is 31.1 Å². The third kappa shape index (κ3) is 4.68. The number of hydrogen-bond acceptors (Lipinski definition) is 6. The van der Waals surface area contributed by atoms with Crippen molar-refractivity contribution in [1.82, 2.24) is 30.0 Å². The number of benzene rings is 2. The van der Waals surface area contributed by atoms with Crippen LogP contribution in [0.25, 0.3) is 28.2 Å². The van der Waals surface area contributed by atoms with Crippen LogP contribution in [0.1, 0.15) is 47.3 Å². The zero-order valence-electron chi connectivity index (χ0n) is 19.9. The van der Waals surface area contributed by atoms with Gasteiger partial charge in [0.1, 0.15) is 5.82 Å². The van der Waals surface area contributed by atoms with Crippen molar-refractivity contribution in [2.24, 2.45) is 0 Å². The molecular weight excluding hydrogens is 440 g/mol. The predicted octanol–water partition coefficient (Wildman–Crippen LogP) is 4.87. The van der Waals surface area contributed by atoms with Crippen molar-refractivity contribution in [3.8, 4) is 17.1 Å². The van der Waals surface area contributed by atoms with E-state index in [1.807, 2.05) is 37.3 Å². The zero-order chi connectivity index (χ0) is 24.4. The molecule has 0 bridgehead atoms. The van der Waals surface area contributed by atoms with Crippen LogP contribution in [0.5, 0.6) is 0 Å². The van der Waals surface area contributed by atoms with Gasteiger partial charge >= 0.3 is 0 Å². The molecule has 8 nitrogen and oxygen atoms in total. The number of rotatable bonds is 7. The molecule has 5 rings (SSSR count). The number of imidazole rings is 1. The number of aryl methyl sites for hydroxylation is 1. The molecular formula is C27H26N6O2. The van der Waals surface area contributed by atoms with Gasteiger partial charge in [-0.2, -0.15) is 4.98 Å². The molecule has 3 heterocycles. The second-order valence-electron chi connectivity index (χ2n) is 8.71. The van der Waals surface area contributed by atoms with E-state index in [0.717, 1.165) is 28.1 Å². The van der Waals surface area contributed by atoms with Crippen LogP contribution in [0.3, 0.4) is 0 Å². The quantitative estimate of drug-likeness (QED) is 0.367. The topological polar surface area (TPSA) is 98.7 Å². The van der Waals surface area contributed by atoms with Crippen molar-refractivity contribution in [3.63, 3.8) is 0 Å². The van der Waals surface area contributed by atoms with E-state index >= 15 is 0 Å². The molecule has 0 aliphatic heterocycles. The molecule has 1 amide bonds. The van der Waals surface area contributed by atoms with Gasteiger partial charge < -0.3 is 9.84 Å². The fraction of sp³-hybridized carbons (Fsp3) is 0.222. The highest BCUT2D eigenvalue weighted by atomic mass is 16.5.